The number of rotatable bonds is 2. The smallest absolute Gasteiger partial charge is 0.184 e. The summed E-state index contributed by atoms with van der Waals surface area (Å²) in [5, 5.41) is 0. The Hall–Kier alpha value is -1.27. The van der Waals surface area contributed by atoms with Crippen LogP contribution in [0.2, 0.25) is 0 Å². The standard InChI is InChI=1S/C22H28O5/c1-13-15-9-10-21(2)20(24-3)26-17-12-25-19(14-7-5-4-6-8-14)27-18(17)22(15,21)11-16(13)23/h4-8,13,15,17-20H,9-12H2,1-3H3/t13-,15?,17-,18-,19-,20+,21+,22-/m1/s1. The second-order valence-electron chi connectivity index (χ2n) is 8.91. The maximum absolute atomic E-state index is 12.8. The van der Waals surface area contributed by atoms with Crippen molar-refractivity contribution in [1.29, 1.82) is 0 Å². The summed E-state index contributed by atoms with van der Waals surface area (Å²) in [6.07, 6.45) is 1.47. The summed E-state index contributed by atoms with van der Waals surface area (Å²) < 4.78 is 24.7. The number of Topliss-reactive ketones (excluding diaryl/α,β-unsaturated/α-hetero) is 1. The Morgan fingerprint density at radius 3 is 2.70 bits per heavy atom. The Morgan fingerprint density at radius 2 is 1.96 bits per heavy atom. The molecule has 5 nitrogen and oxygen atoms in total. The lowest BCUT2D eigenvalue weighted by Crippen LogP contribution is -2.66. The summed E-state index contributed by atoms with van der Waals surface area (Å²) in [4.78, 5) is 12.8. The lowest BCUT2D eigenvalue weighted by molar-refractivity contribution is -0.383. The molecule has 146 valence electrons. The van der Waals surface area contributed by atoms with Crippen molar-refractivity contribution in [2.75, 3.05) is 13.7 Å². The largest absolute Gasteiger partial charge is 0.355 e. The van der Waals surface area contributed by atoms with Crippen LogP contribution in [-0.4, -0.2) is 38.0 Å². The zero-order valence-corrected chi connectivity index (χ0v) is 16.2. The number of benzene rings is 1. The molecular formula is C22H28O5. The van der Waals surface area contributed by atoms with Crippen molar-refractivity contribution in [2.24, 2.45) is 22.7 Å². The Labute approximate surface area is 160 Å². The van der Waals surface area contributed by atoms with Gasteiger partial charge in [-0.1, -0.05) is 44.2 Å². The van der Waals surface area contributed by atoms with Crippen LogP contribution in [0.4, 0.5) is 0 Å². The Morgan fingerprint density at radius 1 is 1.19 bits per heavy atom. The summed E-state index contributed by atoms with van der Waals surface area (Å²) in [6.45, 7) is 4.78. The molecule has 2 saturated heterocycles. The molecule has 0 amide bonds. The molecular weight excluding hydrogens is 344 g/mol. The predicted octanol–water partition coefficient (Wildman–Crippen LogP) is 3.48. The van der Waals surface area contributed by atoms with Gasteiger partial charge in [0.1, 0.15) is 11.9 Å². The number of ketones is 1. The van der Waals surface area contributed by atoms with Crippen molar-refractivity contribution in [3.63, 3.8) is 0 Å². The van der Waals surface area contributed by atoms with E-state index in [-0.39, 0.29) is 35.2 Å². The number of carbonyl (C=O) groups excluding carboxylic acids is 1. The number of ether oxygens (including phenoxy) is 4. The molecule has 0 aromatic heterocycles. The number of fused-ring (bicyclic) bond motifs is 1. The topological polar surface area (TPSA) is 54.0 Å². The van der Waals surface area contributed by atoms with Gasteiger partial charge in [0, 0.05) is 35.8 Å². The lowest BCUT2D eigenvalue weighted by Gasteiger charge is -2.59. The number of hydrogen-bond acceptors (Lipinski definition) is 5. The zero-order chi connectivity index (χ0) is 18.8. The normalized spacial score (nSPS) is 48.8. The molecule has 2 aliphatic carbocycles. The molecule has 8 atom stereocenters. The van der Waals surface area contributed by atoms with Gasteiger partial charge >= 0.3 is 0 Å². The summed E-state index contributed by atoms with van der Waals surface area (Å²) in [5.74, 6) is 0.746. The molecule has 2 aliphatic heterocycles. The molecule has 0 radical (unpaired) electrons. The fraction of sp³-hybridized carbons (Fsp3) is 0.682. The minimum atomic E-state index is -0.416. The Balaban J connectivity index is 1.57. The fourth-order valence-corrected chi connectivity index (χ4v) is 6.55. The van der Waals surface area contributed by atoms with E-state index in [2.05, 4.69) is 13.8 Å². The maximum Gasteiger partial charge on any atom is 0.184 e. The molecule has 4 aliphatic rings. The summed E-state index contributed by atoms with van der Waals surface area (Å²) in [5.41, 5.74) is 0.533. The van der Waals surface area contributed by atoms with Gasteiger partial charge in [-0.05, 0) is 18.8 Å². The minimum Gasteiger partial charge on any atom is -0.355 e. The molecule has 1 aromatic carbocycles. The number of methoxy groups -OCH3 is 1. The van der Waals surface area contributed by atoms with E-state index in [1.807, 2.05) is 30.3 Å². The van der Waals surface area contributed by atoms with Crippen LogP contribution < -0.4 is 0 Å². The third kappa shape index (κ3) is 2.23. The molecule has 1 unspecified atom stereocenters. The van der Waals surface area contributed by atoms with Gasteiger partial charge in [0.25, 0.3) is 0 Å². The van der Waals surface area contributed by atoms with Gasteiger partial charge in [-0.3, -0.25) is 4.79 Å². The number of hydrogen-bond donors (Lipinski definition) is 0. The van der Waals surface area contributed by atoms with E-state index in [1.165, 1.54) is 0 Å². The van der Waals surface area contributed by atoms with E-state index in [0.29, 0.717) is 24.7 Å². The highest BCUT2D eigenvalue weighted by Crippen LogP contribution is 2.71. The van der Waals surface area contributed by atoms with E-state index in [4.69, 9.17) is 18.9 Å². The highest BCUT2D eigenvalue weighted by molar-refractivity contribution is 5.85. The van der Waals surface area contributed by atoms with Gasteiger partial charge in [-0.25, -0.2) is 0 Å². The van der Waals surface area contributed by atoms with Crippen LogP contribution in [0.5, 0.6) is 0 Å². The number of carbonyl (C=O) groups is 1. The Kier molecular flexibility index (Phi) is 4.03. The Bertz CT molecular complexity index is 735. The third-order valence-electron chi connectivity index (χ3n) is 7.91. The van der Waals surface area contributed by atoms with Crippen LogP contribution >= 0.6 is 0 Å². The van der Waals surface area contributed by atoms with Crippen LogP contribution in [0.1, 0.15) is 45.0 Å². The van der Waals surface area contributed by atoms with Gasteiger partial charge in [-0.2, -0.15) is 0 Å². The van der Waals surface area contributed by atoms with Crippen molar-refractivity contribution >= 4 is 5.78 Å². The first-order valence-electron chi connectivity index (χ1n) is 10.0. The van der Waals surface area contributed by atoms with Gasteiger partial charge in [0.15, 0.2) is 12.6 Å². The van der Waals surface area contributed by atoms with Crippen LogP contribution in [0.25, 0.3) is 0 Å². The second-order valence-corrected chi connectivity index (χ2v) is 8.91. The average molecular weight is 372 g/mol. The average Bonchev–Trinajstić information content (AvgIpc) is 3.14. The molecule has 2 saturated carbocycles. The molecule has 1 aromatic rings. The van der Waals surface area contributed by atoms with Crippen LogP contribution in [0, 0.1) is 22.7 Å². The first kappa shape index (κ1) is 17.8. The summed E-state index contributed by atoms with van der Waals surface area (Å²) >= 11 is 0. The van der Waals surface area contributed by atoms with E-state index >= 15 is 0 Å². The molecule has 5 rings (SSSR count). The zero-order valence-electron chi connectivity index (χ0n) is 16.2. The molecule has 1 spiro atoms. The highest BCUT2D eigenvalue weighted by atomic mass is 16.7. The molecule has 27 heavy (non-hydrogen) atoms. The third-order valence-corrected chi connectivity index (χ3v) is 7.91. The van der Waals surface area contributed by atoms with Crippen molar-refractivity contribution in [3.05, 3.63) is 35.9 Å². The van der Waals surface area contributed by atoms with Crippen LogP contribution in [0.15, 0.2) is 30.3 Å². The van der Waals surface area contributed by atoms with Crippen molar-refractivity contribution < 1.29 is 23.7 Å². The molecule has 5 heteroatoms. The van der Waals surface area contributed by atoms with Crippen LogP contribution in [-0.2, 0) is 23.7 Å². The molecule has 2 heterocycles. The van der Waals surface area contributed by atoms with Gasteiger partial charge in [0.05, 0.1) is 12.7 Å². The van der Waals surface area contributed by atoms with E-state index in [1.54, 1.807) is 7.11 Å². The maximum atomic E-state index is 12.8. The first-order valence-corrected chi connectivity index (χ1v) is 10.0. The van der Waals surface area contributed by atoms with E-state index < -0.39 is 6.29 Å². The second kappa shape index (κ2) is 6.11. The minimum absolute atomic E-state index is 0.0738. The summed E-state index contributed by atoms with van der Waals surface area (Å²) in [7, 11) is 1.70. The highest BCUT2D eigenvalue weighted by Gasteiger charge is 2.74. The van der Waals surface area contributed by atoms with Gasteiger partial charge < -0.3 is 18.9 Å². The van der Waals surface area contributed by atoms with Crippen molar-refractivity contribution in [1.82, 2.24) is 0 Å². The van der Waals surface area contributed by atoms with Crippen LogP contribution in [0.3, 0.4) is 0 Å². The van der Waals surface area contributed by atoms with Crippen molar-refractivity contribution in [3.8, 4) is 0 Å². The molecule has 0 N–H and O–H groups in total. The van der Waals surface area contributed by atoms with E-state index in [9.17, 15) is 4.79 Å². The molecule has 4 fully saturated rings. The monoisotopic (exact) mass is 372 g/mol. The van der Waals surface area contributed by atoms with Gasteiger partial charge in [-0.15, -0.1) is 0 Å². The predicted molar refractivity (Wildman–Crippen MR) is 97.7 cm³/mol. The SMILES string of the molecule is CO[C@H]1O[C@@H]2CO[C@@H](c3ccccc3)O[C@H]2[C@@]23CC(=O)[C@H](C)C2CC[C@@]13C. The lowest BCUT2D eigenvalue weighted by atomic mass is 9.57. The molecule has 0 bridgehead atoms. The van der Waals surface area contributed by atoms with Crippen molar-refractivity contribution in [2.45, 2.75) is 57.9 Å². The van der Waals surface area contributed by atoms with Gasteiger partial charge in [0.2, 0.25) is 0 Å². The quantitative estimate of drug-likeness (QED) is 0.795. The van der Waals surface area contributed by atoms with E-state index in [0.717, 1.165) is 18.4 Å². The first-order chi connectivity index (χ1) is 13.0. The fourth-order valence-electron chi connectivity index (χ4n) is 6.55. The summed E-state index contributed by atoms with van der Waals surface area (Å²) in [6, 6.07) is 10.0.